The van der Waals surface area contributed by atoms with Crippen LogP contribution in [0, 0.1) is 22.7 Å². The first-order chi connectivity index (χ1) is 20.5. The van der Waals surface area contributed by atoms with Gasteiger partial charge in [0, 0.05) is 12.1 Å². The zero-order chi connectivity index (χ0) is 31.8. The van der Waals surface area contributed by atoms with Gasteiger partial charge in [-0.2, -0.15) is 18.9 Å². The van der Waals surface area contributed by atoms with E-state index in [4.69, 9.17) is 39.5 Å². The fourth-order valence-electron chi connectivity index (χ4n) is 4.28. The molecule has 6 N–H and O–H groups in total. The molecule has 0 saturated carbocycles. The smallest absolute Gasteiger partial charge is 0.324 e. The van der Waals surface area contributed by atoms with Crippen LogP contribution in [0.3, 0.4) is 0 Å². The quantitative estimate of drug-likeness (QED) is 0.152. The van der Waals surface area contributed by atoms with Gasteiger partial charge in [0.25, 0.3) is 0 Å². The summed E-state index contributed by atoms with van der Waals surface area (Å²) in [5.74, 6) is 0. The zero-order valence-electron chi connectivity index (χ0n) is 24.4. The number of hydrogen-bond donors (Lipinski definition) is 4. The molecule has 0 aliphatic carbocycles. The topological polar surface area (TPSA) is 174 Å². The molecule has 8 nitrogen and oxygen atoms in total. The minimum Gasteiger partial charge on any atom is -0.324 e. The molecule has 224 valence electrons. The number of nitrogens with zero attached hydrogens (tertiary/aromatic N) is 2. The van der Waals surface area contributed by atoms with Gasteiger partial charge in [-0.15, -0.1) is 0 Å². The van der Waals surface area contributed by atoms with Crippen LogP contribution in [0.25, 0.3) is 22.3 Å². The SMILES string of the molecule is CCCC(N)c1ccc(-c2ccc(C#N)cc2)cc1.CCCC(N)c1ccc(-c2ccc(C#N)cc2)cc1.O=S(=O)(O)O. The Morgan fingerprint density at radius 2 is 0.814 bits per heavy atom. The van der Waals surface area contributed by atoms with E-state index < -0.39 is 10.4 Å². The molecule has 0 fully saturated rings. The van der Waals surface area contributed by atoms with Crippen LogP contribution in [-0.4, -0.2) is 17.5 Å². The van der Waals surface area contributed by atoms with Gasteiger partial charge in [-0.05, 0) is 70.5 Å². The van der Waals surface area contributed by atoms with E-state index in [1.54, 1.807) is 0 Å². The first kappa shape index (κ1) is 34.8. The first-order valence-electron chi connectivity index (χ1n) is 13.9. The number of hydrogen-bond acceptors (Lipinski definition) is 6. The molecular formula is C34H38N4O4S. The fourth-order valence-corrected chi connectivity index (χ4v) is 4.28. The first-order valence-corrected chi connectivity index (χ1v) is 15.3. The molecule has 0 bridgehead atoms. The average molecular weight is 599 g/mol. The van der Waals surface area contributed by atoms with Crippen molar-refractivity contribution in [2.75, 3.05) is 0 Å². The number of nitriles is 2. The van der Waals surface area contributed by atoms with Gasteiger partial charge >= 0.3 is 10.4 Å². The van der Waals surface area contributed by atoms with Gasteiger partial charge in [0.2, 0.25) is 0 Å². The summed E-state index contributed by atoms with van der Waals surface area (Å²) in [5, 5.41) is 17.6. The fraction of sp³-hybridized carbons (Fsp3) is 0.235. The number of nitrogens with two attached hydrogens (primary N) is 2. The third kappa shape index (κ3) is 12.6. The summed E-state index contributed by atoms with van der Waals surface area (Å²) >= 11 is 0. The molecule has 0 aromatic heterocycles. The molecule has 43 heavy (non-hydrogen) atoms. The molecule has 2 atom stereocenters. The van der Waals surface area contributed by atoms with Gasteiger partial charge in [0.15, 0.2) is 0 Å². The van der Waals surface area contributed by atoms with E-state index in [-0.39, 0.29) is 12.1 Å². The number of benzene rings is 4. The number of rotatable bonds is 8. The van der Waals surface area contributed by atoms with Crippen molar-refractivity contribution in [3.05, 3.63) is 119 Å². The van der Waals surface area contributed by atoms with Crippen LogP contribution in [0.1, 0.15) is 73.9 Å². The maximum absolute atomic E-state index is 8.78. The Hall–Kier alpha value is -4.35. The summed E-state index contributed by atoms with van der Waals surface area (Å²) in [7, 11) is -4.67. The second-order valence-electron chi connectivity index (χ2n) is 9.86. The molecule has 4 aromatic rings. The lowest BCUT2D eigenvalue weighted by Crippen LogP contribution is -2.09. The molecule has 4 rings (SSSR count). The van der Waals surface area contributed by atoms with E-state index in [2.05, 4.69) is 74.5 Å². The van der Waals surface area contributed by atoms with Crippen molar-refractivity contribution in [3.8, 4) is 34.4 Å². The van der Waals surface area contributed by atoms with Gasteiger partial charge < -0.3 is 11.5 Å². The van der Waals surface area contributed by atoms with Crippen LogP contribution in [-0.2, 0) is 10.4 Å². The van der Waals surface area contributed by atoms with Crippen molar-refractivity contribution in [1.82, 2.24) is 0 Å². The molecule has 0 saturated heterocycles. The van der Waals surface area contributed by atoms with Crippen molar-refractivity contribution in [1.29, 1.82) is 10.5 Å². The molecule has 0 aliphatic rings. The molecular weight excluding hydrogens is 560 g/mol. The lowest BCUT2D eigenvalue weighted by Gasteiger charge is -2.11. The lowest BCUT2D eigenvalue weighted by molar-refractivity contribution is 0.381. The van der Waals surface area contributed by atoms with Crippen molar-refractivity contribution >= 4 is 10.4 Å². The molecule has 0 aliphatic heterocycles. The van der Waals surface area contributed by atoms with Gasteiger partial charge in [-0.25, -0.2) is 0 Å². The van der Waals surface area contributed by atoms with Gasteiger partial charge in [-0.3, -0.25) is 9.11 Å². The highest BCUT2D eigenvalue weighted by Gasteiger charge is 2.06. The molecule has 0 spiro atoms. The summed E-state index contributed by atoms with van der Waals surface area (Å²) in [4.78, 5) is 0. The van der Waals surface area contributed by atoms with Crippen LogP contribution in [0.15, 0.2) is 97.1 Å². The highest BCUT2D eigenvalue weighted by molar-refractivity contribution is 7.79. The molecule has 0 radical (unpaired) electrons. The Balaban J connectivity index is 0.000000260. The van der Waals surface area contributed by atoms with Crippen molar-refractivity contribution in [2.45, 2.75) is 51.6 Å². The summed E-state index contributed by atoms with van der Waals surface area (Å²) in [6.45, 7) is 4.29. The van der Waals surface area contributed by atoms with E-state index >= 15 is 0 Å². The van der Waals surface area contributed by atoms with Crippen LogP contribution in [0.2, 0.25) is 0 Å². The maximum Gasteiger partial charge on any atom is 0.394 e. The van der Waals surface area contributed by atoms with Gasteiger partial charge in [0.05, 0.1) is 23.3 Å². The van der Waals surface area contributed by atoms with Crippen molar-refractivity contribution < 1.29 is 17.5 Å². The molecule has 0 heterocycles. The Bertz CT molecular complexity index is 1470. The standard InChI is InChI=1S/2C17H18N2.H2O4S/c2*1-2-3-17(19)16-10-8-15(9-11-16)14-6-4-13(12-18)5-7-14;1-5(2,3)4/h2*4-11,17H,2-3,19H2,1H3;(H2,1,2,3,4). The van der Waals surface area contributed by atoms with E-state index in [0.717, 1.165) is 47.9 Å². The Morgan fingerprint density at radius 3 is 1.02 bits per heavy atom. The van der Waals surface area contributed by atoms with Crippen molar-refractivity contribution in [3.63, 3.8) is 0 Å². The van der Waals surface area contributed by atoms with E-state index in [0.29, 0.717) is 11.1 Å². The minimum absolute atomic E-state index is 0.125. The van der Waals surface area contributed by atoms with Crippen LogP contribution >= 0.6 is 0 Å². The third-order valence-corrected chi connectivity index (χ3v) is 6.57. The summed E-state index contributed by atoms with van der Waals surface area (Å²) in [5.41, 5.74) is 20.5. The Kier molecular flexibility index (Phi) is 14.2. The minimum atomic E-state index is -4.67. The highest BCUT2D eigenvalue weighted by Crippen LogP contribution is 2.24. The van der Waals surface area contributed by atoms with Gasteiger partial charge in [0.1, 0.15) is 0 Å². The monoisotopic (exact) mass is 598 g/mol. The van der Waals surface area contributed by atoms with E-state index in [9.17, 15) is 0 Å². The largest absolute Gasteiger partial charge is 0.394 e. The second-order valence-corrected chi connectivity index (χ2v) is 10.8. The Labute approximate surface area is 254 Å². The lowest BCUT2D eigenvalue weighted by atomic mass is 9.98. The zero-order valence-corrected chi connectivity index (χ0v) is 25.2. The van der Waals surface area contributed by atoms with E-state index in [1.165, 1.54) is 11.1 Å². The highest BCUT2D eigenvalue weighted by atomic mass is 32.3. The predicted octanol–water partition coefficient (Wildman–Crippen LogP) is 7.40. The summed E-state index contributed by atoms with van der Waals surface area (Å²) < 4.78 is 31.6. The maximum atomic E-state index is 8.78. The van der Waals surface area contributed by atoms with E-state index in [1.807, 2.05) is 48.5 Å². The van der Waals surface area contributed by atoms with Crippen LogP contribution in [0.4, 0.5) is 0 Å². The van der Waals surface area contributed by atoms with Gasteiger partial charge in [-0.1, -0.05) is 99.5 Å². The molecule has 9 heteroatoms. The molecule has 0 amide bonds. The molecule has 2 unspecified atom stereocenters. The average Bonchev–Trinajstić information content (AvgIpc) is 3.01. The normalized spacial score (nSPS) is 11.8. The summed E-state index contributed by atoms with van der Waals surface area (Å²) in [6, 6.07) is 36.5. The molecule has 4 aromatic carbocycles. The van der Waals surface area contributed by atoms with Crippen molar-refractivity contribution in [2.24, 2.45) is 11.5 Å². The van der Waals surface area contributed by atoms with Crippen LogP contribution in [0.5, 0.6) is 0 Å². The summed E-state index contributed by atoms with van der Waals surface area (Å²) in [6.07, 6.45) is 4.21. The third-order valence-electron chi connectivity index (χ3n) is 6.57. The predicted molar refractivity (Wildman–Crippen MR) is 171 cm³/mol. The second kappa shape index (κ2) is 17.6. The van der Waals surface area contributed by atoms with Crippen LogP contribution < -0.4 is 11.5 Å². The Morgan fingerprint density at radius 1 is 0.581 bits per heavy atom.